The van der Waals surface area contributed by atoms with E-state index in [4.69, 9.17) is 5.73 Å². The number of aryl methyl sites for hydroxylation is 1. The van der Waals surface area contributed by atoms with Gasteiger partial charge in [-0.25, -0.2) is 4.98 Å². The van der Waals surface area contributed by atoms with Crippen LogP contribution in [0.2, 0.25) is 0 Å². The Hall–Kier alpha value is -2.03. The van der Waals surface area contributed by atoms with Gasteiger partial charge < -0.3 is 11.1 Å². The maximum Gasteiger partial charge on any atom is 0.128 e. The van der Waals surface area contributed by atoms with Gasteiger partial charge in [0.05, 0.1) is 0 Å². The monoisotopic (exact) mass is 241 g/mol. The highest BCUT2D eigenvalue weighted by Gasteiger charge is 2.05. The van der Waals surface area contributed by atoms with E-state index in [1.165, 1.54) is 11.1 Å². The number of hydrogen-bond acceptors (Lipinski definition) is 3. The lowest BCUT2D eigenvalue weighted by atomic mass is 10.1. The van der Waals surface area contributed by atoms with Gasteiger partial charge in [-0.2, -0.15) is 0 Å². The Morgan fingerprint density at radius 3 is 2.50 bits per heavy atom. The predicted octanol–water partition coefficient (Wildman–Crippen LogP) is 3.40. The molecule has 1 unspecified atom stereocenters. The van der Waals surface area contributed by atoms with Crippen molar-refractivity contribution in [2.75, 3.05) is 11.1 Å². The smallest absolute Gasteiger partial charge is 0.128 e. The lowest BCUT2D eigenvalue weighted by Gasteiger charge is -2.15. The third-order valence-corrected chi connectivity index (χ3v) is 3.02. The minimum absolute atomic E-state index is 0.213. The van der Waals surface area contributed by atoms with Gasteiger partial charge in [-0.1, -0.05) is 37.3 Å². The number of pyridine rings is 1. The van der Waals surface area contributed by atoms with Crippen LogP contribution < -0.4 is 11.1 Å². The lowest BCUT2D eigenvalue weighted by molar-refractivity contribution is 0.873. The summed E-state index contributed by atoms with van der Waals surface area (Å²) in [4.78, 5) is 4.24. The summed E-state index contributed by atoms with van der Waals surface area (Å²) in [7, 11) is 0. The minimum atomic E-state index is 0.213. The number of benzene rings is 1. The fourth-order valence-electron chi connectivity index (χ4n) is 1.88. The average Bonchev–Trinajstić information content (AvgIpc) is 2.39. The first-order valence-corrected chi connectivity index (χ1v) is 6.27. The molecule has 0 amide bonds. The molecule has 2 rings (SSSR count). The second-order valence-electron chi connectivity index (χ2n) is 4.41. The van der Waals surface area contributed by atoms with E-state index >= 15 is 0 Å². The maximum absolute atomic E-state index is 5.66. The molecular formula is C15H19N3. The van der Waals surface area contributed by atoms with Crippen molar-refractivity contribution in [3.05, 3.63) is 53.6 Å². The first-order valence-electron chi connectivity index (χ1n) is 6.27. The summed E-state index contributed by atoms with van der Waals surface area (Å²) < 4.78 is 0. The van der Waals surface area contributed by atoms with Crippen LogP contribution in [0.5, 0.6) is 0 Å². The zero-order valence-electron chi connectivity index (χ0n) is 10.9. The summed E-state index contributed by atoms with van der Waals surface area (Å²) in [6, 6.07) is 14.5. The molecule has 94 valence electrons. The lowest BCUT2D eigenvalue weighted by Crippen LogP contribution is -2.08. The number of rotatable bonds is 4. The van der Waals surface area contributed by atoms with Crippen LogP contribution in [0.3, 0.4) is 0 Å². The average molecular weight is 241 g/mol. The topological polar surface area (TPSA) is 50.9 Å². The number of aromatic nitrogens is 1. The Kier molecular flexibility index (Phi) is 3.82. The molecule has 1 heterocycles. The maximum atomic E-state index is 5.66. The van der Waals surface area contributed by atoms with Gasteiger partial charge >= 0.3 is 0 Å². The molecule has 0 saturated heterocycles. The van der Waals surface area contributed by atoms with Crippen molar-refractivity contribution in [2.24, 2.45) is 0 Å². The molecule has 0 fully saturated rings. The van der Waals surface area contributed by atoms with E-state index in [0.29, 0.717) is 5.82 Å². The zero-order chi connectivity index (χ0) is 13.0. The van der Waals surface area contributed by atoms with Crippen molar-refractivity contribution in [1.82, 2.24) is 4.98 Å². The third-order valence-electron chi connectivity index (χ3n) is 3.02. The van der Waals surface area contributed by atoms with Crippen LogP contribution in [-0.2, 0) is 6.42 Å². The number of nitrogen functional groups attached to an aromatic ring is 1. The van der Waals surface area contributed by atoms with E-state index in [1.54, 1.807) is 6.07 Å². The second kappa shape index (κ2) is 5.54. The molecule has 3 heteroatoms. The first kappa shape index (κ1) is 12.4. The second-order valence-corrected chi connectivity index (χ2v) is 4.41. The summed E-state index contributed by atoms with van der Waals surface area (Å²) in [5, 5.41) is 3.35. The fourth-order valence-corrected chi connectivity index (χ4v) is 1.88. The summed E-state index contributed by atoms with van der Waals surface area (Å²) in [5.41, 5.74) is 8.26. The SMILES string of the molecule is CCc1ccc(C(C)Nc2cccc(N)n2)cc1. The first-order chi connectivity index (χ1) is 8.69. The Labute approximate surface area is 108 Å². The number of hydrogen-bond donors (Lipinski definition) is 2. The van der Waals surface area contributed by atoms with E-state index in [2.05, 4.69) is 48.4 Å². The summed E-state index contributed by atoms with van der Waals surface area (Å²) >= 11 is 0. The number of anilines is 2. The quantitative estimate of drug-likeness (QED) is 0.862. The Morgan fingerprint density at radius 2 is 1.89 bits per heavy atom. The zero-order valence-corrected chi connectivity index (χ0v) is 10.9. The van der Waals surface area contributed by atoms with E-state index in [-0.39, 0.29) is 6.04 Å². The van der Waals surface area contributed by atoms with Crippen LogP contribution in [0, 0.1) is 0 Å². The molecule has 0 radical (unpaired) electrons. The number of nitrogens with zero attached hydrogens (tertiary/aromatic N) is 1. The molecule has 1 aromatic heterocycles. The highest BCUT2D eigenvalue weighted by molar-refractivity contribution is 5.44. The predicted molar refractivity (Wildman–Crippen MR) is 76.5 cm³/mol. The number of nitrogens with two attached hydrogens (primary N) is 1. The number of nitrogens with one attached hydrogen (secondary N) is 1. The Bertz CT molecular complexity index is 505. The van der Waals surface area contributed by atoms with E-state index in [1.807, 2.05) is 12.1 Å². The van der Waals surface area contributed by atoms with Crippen LogP contribution in [0.15, 0.2) is 42.5 Å². The Balaban J connectivity index is 2.09. The van der Waals surface area contributed by atoms with Crippen LogP contribution in [0.4, 0.5) is 11.6 Å². The van der Waals surface area contributed by atoms with E-state index < -0.39 is 0 Å². The molecule has 0 bridgehead atoms. The molecule has 3 nitrogen and oxygen atoms in total. The molecular weight excluding hydrogens is 222 g/mol. The van der Waals surface area contributed by atoms with Crippen molar-refractivity contribution in [2.45, 2.75) is 26.3 Å². The summed E-state index contributed by atoms with van der Waals surface area (Å²) in [5.74, 6) is 1.34. The van der Waals surface area contributed by atoms with Crippen molar-refractivity contribution in [3.8, 4) is 0 Å². The standard InChI is InChI=1S/C15H19N3/c1-3-12-7-9-13(10-8-12)11(2)17-15-6-4-5-14(16)18-15/h4-11H,3H2,1-2H3,(H3,16,17,18). The molecule has 0 spiro atoms. The minimum Gasteiger partial charge on any atom is -0.384 e. The third kappa shape index (κ3) is 3.00. The highest BCUT2D eigenvalue weighted by Crippen LogP contribution is 2.19. The Morgan fingerprint density at radius 1 is 1.17 bits per heavy atom. The summed E-state index contributed by atoms with van der Waals surface area (Å²) in [6.45, 7) is 4.28. The largest absolute Gasteiger partial charge is 0.384 e. The van der Waals surface area contributed by atoms with Crippen LogP contribution >= 0.6 is 0 Å². The van der Waals surface area contributed by atoms with E-state index in [9.17, 15) is 0 Å². The molecule has 1 atom stereocenters. The summed E-state index contributed by atoms with van der Waals surface area (Å²) in [6.07, 6.45) is 1.07. The molecule has 0 aliphatic heterocycles. The molecule has 18 heavy (non-hydrogen) atoms. The van der Waals surface area contributed by atoms with Crippen molar-refractivity contribution < 1.29 is 0 Å². The molecule has 0 saturated carbocycles. The molecule has 0 aliphatic rings. The van der Waals surface area contributed by atoms with Gasteiger partial charge in [0, 0.05) is 6.04 Å². The van der Waals surface area contributed by atoms with Crippen LogP contribution in [0.25, 0.3) is 0 Å². The molecule has 1 aromatic carbocycles. The van der Waals surface area contributed by atoms with Gasteiger partial charge in [-0.15, -0.1) is 0 Å². The van der Waals surface area contributed by atoms with Gasteiger partial charge in [0.1, 0.15) is 11.6 Å². The highest BCUT2D eigenvalue weighted by atomic mass is 15.0. The molecule has 3 N–H and O–H groups in total. The normalized spacial score (nSPS) is 12.1. The van der Waals surface area contributed by atoms with E-state index in [0.717, 1.165) is 12.2 Å². The van der Waals surface area contributed by atoms with Crippen molar-refractivity contribution in [3.63, 3.8) is 0 Å². The van der Waals surface area contributed by atoms with Crippen LogP contribution in [-0.4, -0.2) is 4.98 Å². The molecule has 0 aliphatic carbocycles. The van der Waals surface area contributed by atoms with Gasteiger partial charge in [0.25, 0.3) is 0 Å². The van der Waals surface area contributed by atoms with Crippen molar-refractivity contribution >= 4 is 11.6 Å². The van der Waals surface area contributed by atoms with Gasteiger partial charge in [-0.05, 0) is 36.6 Å². The fraction of sp³-hybridized carbons (Fsp3) is 0.267. The van der Waals surface area contributed by atoms with Crippen molar-refractivity contribution in [1.29, 1.82) is 0 Å². The van der Waals surface area contributed by atoms with Gasteiger partial charge in [-0.3, -0.25) is 0 Å². The van der Waals surface area contributed by atoms with Gasteiger partial charge in [0.2, 0.25) is 0 Å². The van der Waals surface area contributed by atoms with Gasteiger partial charge in [0.15, 0.2) is 0 Å². The molecule has 2 aromatic rings. The van der Waals surface area contributed by atoms with Crippen LogP contribution in [0.1, 0.15) is 31.0 Å².